The molecule has 1 heterocycles. The Morgan fingerprint density at radius 1 is 1.17 bits per heavy atom. The molecule has 2 aliphatic rings. The van der Waals surface area contributed by atoms with E-state index < -0.39 is 60.1 Å². The van der Waals surface area contributed by atoms with Crippen molar-refractivity contribution in [3.05, 3.63) is 0 Å². The fraction of sp³-hybridized carbons (Fsp3) is 0.933. The predicted octanol–water partition coefficient (Wildman–Crippen LogP) is -1.14. The average Bonchev–Trinajstić information content (AvgIpc) is 2.75. The van der Waals surface area contributed by atoms with Gasteiger partial charge in [0.2, 0.25) is 0 Å². The molecule has 0 aromatic heterocycles. The Bertz CT molecular complexity index is 490. The van der Waals surface area contributed by atoms with E-state index in [0.29, 0.717) is 0 Å². The maximum Gasteiger partial charge on any atom is 0.408 e. The highest BCUT2D eigenvalue weighted by atomic mass is 16.8. The molecule has 140 valence electrons. The minimum atomic E-state index is -2.27. The Morgan fingerprint density at radius 3 is 2.21 bits per heavy atom. The van der Waals surface area contributed by atoms with Crippen molar-refractivity contribution < 1.29 is 39.4 Å². The van der Waals surface area contributed by atoms with Crippen LogP contribution < -0.4 is 5.32 Å². The molecular formula is C15H27NO8. The molecule has 9 nitrogen and oxygen atoms in total. The summed E-state index contributed by atoms with van der Waals surface area (Å²) in [6, 6.07) is -1.15. The molecule has 5 N–H and O–H groups in total. The number of alkyl carbamates (subject to hydrolysis) is 1. The number of nitrogens with one attached hydrogen (secondary N) is 1. The summed E-state index contributed by atoms with van der Waals surface area (Å²) in [5.41, 5.74) is -3.03. The van der Waals surface area contributed by atoms with Crippen LogP contribution in [0.15, 0.2) is 0 Å². The van der Waals surface area contributed by atoms with Crippen molar-refractivity contribution in [2.45, 2.75) is 82.1 Å². The summed E-state index contributed by atoms with van der Waals surface area (Å²) < 4.78 is 16.4. The molecule has 24 heavy (non-hydrogen) atoms. The van der Waals surface area contributed by atoms with E-state index in [0.717, 1.165) is 0 Å². The van der Waals surface area contributed by atoms with Gasteiger partial charge in [0.1, 0.15) is 35.6 Å². The van der Waals surface area contributed by atoms with Gasteiger partial charge in [-0.05, 0) is 34.6 Å². The zero-order valence-corrected chi connectivity index (χ0v) is 14.5. The number of aliphatic hydroxyl groups is 4. The third-order valence-corrected chi connectivity index (χ3v) is 4.13. The van der Waals surface area contributed by atoms with Crippen molar-refractivity contribution in [3.8, 4) is 0 Å². The second-order valence-electron chi connectivity index (χ2n) is 7.78. The minimum Gasteiger partial charge on any atom is -0.444 e. The minimum absolute atomic E-state index is 0.762. The van der Waals surface area contributed by atoms with Gasteiger partial charge >= 0.3 is 6.09 Å². The number of aliphatic hydroxyl groups excluding tert-OH is 3. The zero-order chi connectivity index (χ0) is 18.5. The van der Waals surface area contributed by atoms with Crippen LogP contribution in [0.3, 0.4) is 0 Å². The fourth-order valence-electron chi connectivity index (χ4n) is 3.08. The summed E-state index contributed by atoms with van der Waals surface area (Å²) in [6.45, 7) is 7.32. The van der Waals surface area contributed by atoms with Gasteiger partial charge in [-0.2, -0.15) is 0 Å². The van der Waals surface area contributed by atoms with E-state index in [4.69, 9.17) is 14.2 Å². The van der Waals surface area contributed by atoms with Crippen LogP contribution in [0.4, 0.5) is 4.79 Å². The van der Waals surface area contributed by atoms with Crippen molar-refractivity contribution in [2.24, 2.45) is 0 Å². The molecular weight excluding hydrogens is 322 g/mol. The van der Waals surface area contributed by atoms with E-state index in [1.807, 2.05) is 0 Å². The first-order valence-corrected chi connectivity index (χ1v) is 7.85. The Kier molecular flexibility index (Phi) is 4.90. The number of rotatable bonds is 2. The highest BCUT2D eigenvalue weighted by molar-refractivity contribution is 5.68. The number of hydrogen-bond acceptors (Lipinski definition) is 8. The van der Waals surface area contributed by atoms with Crippen LogP contribution in [0.25, 0.3) is 0 Å². The van der Waals surface area contributed by atoms with Gasteiger partial charge in [0.15, 0.2) is 5.79 Å². The Hall–Kier alpha value is -0.970. The van der Waals surface area contributed by atoms with Gasteiger partial charge in [-0.1, -0.05) is 0 Å². The lowest BCUT2D eigenvalue weighted by Crippen LogP contribution is -2.74. The van der Waals surface area contributed by atoms with Gasteiger partial charge in [-0.25, -0.2) is 4.79 Å². The second-order valence-corrected chi connectivity index (χ2v) is 7.78. The maximum absolute atomic E-state index is 12.1. The smallest absolute Gasteiger partial charge is 0.408 e. The SMILES string of the molecule is CC(C)(C)OC(=O)N[C@@H]1[C@H]2OC(C)(C)O[C@H]2[C@H](O)[C@@](O)(CO)[C@@H]1O. The lowest BCUT2D eigenvalue weighted by Gasteiger charge is -2.48. The summed E-state index contributed by atoms with van der Waals surface area (Å²) >= 11 is 0. The van der Waals surface area contributed by atoms with E-state index in [1.54, 1.807) is 34.6 Å². The Morgan fingerprint density at radius 2 is 1.71 bits per heavy atom. The van der Waals surface area contributed by atoms with Gasteiger partial charge in [0, 0.05) is 0 Å². The molecule has 2 rings (SSSR count). The Labute approximate surface area is 140 Å². The highest BCUT2D eigenvalue weighted by Crippen LogP contribution is 2.41. The first-order valence-electron chi connectivity index (χ1n) is 7.85. The summed E-state index contributed by atoms with van der Waals surface area (Å²) in [5, 5.41) is 43.2. The lowest BCUT2D eigenvalue weighted by atomic mass is 9.74. The number of fused-ring (bicyclic) bond motifs is 1. The maximum atomic E-state index is 12.1. The van der Waals surface area contributed by atoms with Crippen molar-refractivity contribution >= 4 is 6.09 Å². The molecule has 2 fully saturated rings. The summed E-state index contributed by atoms with van der Waals surface area (Å²) in [4.78, 5) is 12.1. The zero-order valence-electron chi connectivity index (χ0n) is 14.5. The number of ether oxygens (including phenoxy) is 3. The molecule has 1 aliphatic carbocycles. The number of amides is 1. The number of hydrogen-bond donors (Lipinski definition) is 5. The van der Waals surface area contributed by atoms with Crippen LogP contribution in [0.5, 0.6) is 0 Å². The van der Waals surface area contributed by atoms with Crippen LogP contribution >= 0.6 is 0 Å². The molecule has 1 saturated heterocycles. The van der Waals surface area contributed by atoms with Gasteiger partial charge in [0.25, 0.3) is 0 Å². The van der Waals surface area contributed by atoms with E-state index in [9.17, 15) is 25.2 Å². The van der Waals surface area contributed by atoms with Gasteiger partial charge in [-0.3, -0.25) is 0 Å². The van der Waals surface area contributed by atoms with Crippen LogP contribution in [0.2, 0.25) is 0 Å². The molecule has 0 aromatic carbocycles. The summed E-state index contributed by atoms with van der Waals surface area (Å²) in [6.07, 6.45) is -6.08. The molecule has 0 spiro atoms. The largest absolute Gasteiger partial charge is 0.444 e. The fourth-order valence-corrected chi connectivity index (χ4v) is 3.08. The third-order valence-electron chi connectivity index (χ3n) is 4.13. The first kappa shape index (κ1) is 19.4. The standard InChI is InChI=1S/C15H27NO8/c1-13(2,3)24-12(20)16-7-8-9(23-14(4,5)22-8)11(19)15(21,6-17)10(7)18/h7-11,17-19,21H,6H2,1-5H3,(H,16,20)/t7-,8-,9-,10-,11+,15-/m1/s1. The van der Waals surface area contributed by atoms with Gasteiger partial charge < -0.3 is 40.0 Å². The van der Waals surface area contributed by atoms with E-state index in [-0.39, 0.29) is 0 Å². The second kappa shape index (κ2) is 6.08. The summed E-state index contributed by atoms with van der Waals surface area (Å²) in [5.74, 6) is -1.09. The topological polar surface area (TPSA) is 138 Å². The normalized spacial score (nSPS) is 41.6. The van der Waals surface area contributed by atoms with Crippen LogP contribution in [0.1, 0.15) is 34.6 Å². The predicted molar refractivity (Wildman–Crippen MR) is 81.0 cm³/mol. The van der Waals surface area contributed by atoms with Crippen molar-refractivity contribution in [3.63, 3.8) is 0 Å². The number of carbonyl (C=O) groups excluding carboxylic acids is 1. The van der Waals surface area contributed by atoms with E-state index >= 15 is 0 Å². The highest BCUT2D eigenvalue weighted by Gasteiger charge is 2.64. The van der Waals surface area contributed by atoms with Gasteiger partial charge in [-0.15, -0.1) is 0 Å². The van der Waals surface area contributed by atoms with Gasteiger partial charge in [0.05, 0.1) is 12.6 Å². The van der Waals surface area contributed by atoms with Crippen molar-refractivity contribution in [1.29, 1.82) is 0 Å². The molecule has 9 heteroatoms. The average molecular weight is 349 g/mol. The molecule has 0 radical (unpaired) electrons. The van der Waals surface area contributed by atoms with Crippen molar-refractivity contribution in [2.75, 3.05) is 6.61 Å². The molecule has 0 bridgehead atoms. The molecule has 1 saturated carbocycles. The molecule has 1 amide bonds. The molecule has 0 unspecified atom stereocenters. The van der Waals surface area contributed by atoms with Crippen molar-refractivity contribution in [1.82, 2.24) is 5.32 Å². The lowest BCUT2D eigenvalue weighted by molar-refractivity contribution is -0.233. The summed E-state index contributed by atoms with van der Waals surface area (Å²) in [7, 11) is 0. The van der Waals surface area contributed by atoms with E-state index in [2.05, 4.69) is 5.32 Å². The van der Waals surface area contributed by atoms with E-state index in [1.165, 1.54) is 0 Å². The number of carbonyl (C=O) groups is 1. The monoisotopic (exact) mass is 349 g/mol. The quantitative estimate of drug-likeness (QED) is 0.422. The van der Waals surface area contributed by atoms with Crippen LogP contribution in [-0.4, -0.2) is 80.6 Å². The van der Waals surface area contributed by atoms with Crippen LogP contribution in [0, 0.1) is 0 Å². The molecule has 6 atom stereocenters. The molecule has 1 aliphatic heterocycles. The third kappa shape index (κ3) is 3.51. The first-order chi connectivity index (χ1) is 10.8. The Balaban J connectivity index is 2.28. The van der Waals surface area contributed by atoms with Crippen LogP contribution in [-0.2, 0) is 14.2 Å². The molecule has 0 aromatic rings.